The van der Waals surface area contributed by atoms with Crippen LogP contribution >= 0.6 is 23.2 Å². The summed E-state index contributed by atoms with van der Waals surface area (Å²) in [5.74, 6) is 0.0114. The molecular weight excluding hydrogens is 499 g/mol. The first-order valence-corrected chi connectivity index (χ1v) is 13.2. The number of anilines is 1. The van der Waals surface area contributed by atoms with Crippen LogP contribution in [0.5, 0.6) is 0 Å². The summed E-state index contributed by atoms with van der Waals surface area (Å²) in [6.45, 7) is 8.27. The van der Waals surface area contributed by atoms with Gasteiger partial charge in [-0.2, -0.15) is 0 Å². The van der Waals surface area contributed by atoms with Gasteiger partial charge in [0.2, 0.25) is 5.91 Å². The number of hydrogen-bond acceptors (Lipinski definition) is 4. The van der Waals surface area contributed by atoms with Crippen molar-refractivity contribution in [1.29, 1.82) is 0 Å². The zero-order chi connectivity index (χ0) is 25.8. The Kier molecular flexibility index (Phi) is 8.78. The summed E-state index contributed by atoms with van der Waals surface area (Å²) in [7, 11) is 0. The minimum absolute atomic E-state index is 0.0114. The lowest BCUT2D eigenvalue weighted by Gasteiger charge is -2.45. The Bertz CT molecular complexity index is 1080. The van der Waals surface area contributed by atoms with E-state index in [4.69, 9.17) is 23.2 Å². The smallest absolute Gasteiger partial charge is 0.407 e. The molecule has 0 unspecified atom stereocenters. The normalized spacial score (nSPS) is 21.4. The van der Waals surface area contributed by atoms with Crippen LogP contribution in [0.4, 0.5) is 10.5 Å². The molecule has 0 bridgehead atoms. The molecule has 0 spiro atoms. The number of rotatable bonds is 6. The summed E-state index contributed by atoms with van der Waals surface area (Å²) in [5.41, 5.74) is 4.02. The summed E-state index contributed by atoms with van der Waals surface area (Å²) in [6.07, 6.45) is 1.33. The number of likely N-dealkylation sites (tertiary alicyclic amines) is 1. The minimum atomic E-state index is -0.877. The number of aryl methyl sites for hydroxylation is 2. The van der Waals surface area contributed by atoms with E-state index in [0.29, 0.717) is 35.6 Å². The second-order valence-corrected chi connectivity index (χ2v) is 10.7. The Morgan fingerprint density at radius 2 is 1.69 bits per heavy atom. The Morgan fingerprint density at radius 3 is 2.33 bits per heavy atom. The topological polar surface area (TPSA) is 76.1 Å². The zero-order valence-corrected chi connectivity index (χ0v) is 22.4. The summed E-state index contributed by atoms with van der Waals surface area (Å²) in [5, 5.41) is 13.8. The van der Waals surface area contributed by atoms with Gasteiger partial charge in [-0.1, -0.05) is 47.5 Å². The molecule has 2 aliphatic rings. The average molecular weight is 534 g/mol. The number of amides is 2. The number of nitrogens with zero attached hydrogens (tertiary/aromatic N) is 3. The predicted octanol–water partition coefficient (Wildman–Crippen LogP) is 4.92. The second kappa shape index (κ2) is 11.8. The van der Waals surface area contributed by atoms with Gasteiger partial charge in [-0.15, -0.1) is 0 Å². The van der Waals surface area contributed by atoms with Gasteiger partial charge in [0, 0.05) is 50.5 Å². The molecule has 194 valence electrons. The molecule has 0 aliphatic carbocycles. The van der Waals surface area contributed by atoms with Crippen molar-refractivity contribution in [3.05, 3.63) is 63.1 Å². The van der Waals surface area contributed by atoms with Crippen molar-refractivity contribution >= 4 is 40.9 Å². The lowest BCUT2D eigenvalue weighted by molar-refractivity contribution is -0.117. The van der Waals surface area contributed by atoms with Crippen LogP contribution in [0.1, 0.15) is 29.5 Å². The number of nitrogens with one attached hydrogen (secondary N) is 1. The van der Waals surface area contributed by atoms with E-state index in [9.17, 15) is 14.7 Å². The summed E-state index contributed by atoms with van der Waals surface area (Å²) in [4.78, 5) is 30.8. The van der Waals surface area contributed by atoms with Crippen LogP contribution in [0, 0.1) is 13.8 Å². The molecule has 9 heteroatoms. The maximum absolute atomic E-state index is 12.7. The highest BCUT2D eigenvalue weighted by molar-refractivity contribution is 6.42. The Hall–Kier alpha value is -2.32. The fourth-order valence-electron chi connectivity index (χ4n) is 5.43. The van der Waals surface area contributed by atoms with Crippen molar-refractivity contribution in [1.82, 2.24) is 14.7 Å². The Morgan fingerprint density at radius 1 is 1.00 bits per heavy atom. The van der Waals surface area contributed by atoms with Crippen LogP contribution in [0.2, 0.25) is 10.0 Å². The highest BCUT2D eigenvalue weighted by Crippen LogP contribution is 2.28. The average Bonchev–Trinajstić information content (AvgIpc) is 2.84. The minimum Gasteiger partial charge on any atom is -0.465 e. The second-order valence-electron chi connectivity index (χ2n) is 9.89. The Balaban J connectivity index is 1.31. The van der Waals surface area contributed by atoms with Crippen molar-refractivity contribution in [2.45, 2.75) is 45.2 Å². The standard InChI is InChI=1S/C27H34Cl2N4O3/c1-18-4-3-5-19(2)26(18)30-25(34)17-31-10-12-32(13-11-31)21-8-9-33(27(35)36)22(16-21)14-20-6-7-23(28)24(29)15-20/h3-7,15,21-22H,8-14,16-17H2,1-2H3,(H,30,34)(H,35,36)/t21-,22-/m0/s1. The van der Waals surface area contributed by atoms with E-state index < -0.39 is 6.09 Å². The fourth-order valence-corrected chi connectivity index (χ4v) is 5.75. The summed E-state index contributed by atoms with van der Waals surface area (Å²) in [6, 6.07) is 11.7. The van der Waals surface area contributed by atoms with Crippen molar-refractivity contribution in [3.8, 4) is 0 Å². The van der Waals surface area contributed by atoms with Crippen LogP contribution in [-0.2, 0) is 11.2 Å². The van der Waals surface area contributed by atoms with Gasteiger partial charge < -0.3 is 15.3 Å². The first-order chi connectivity index (χ1) is 17.2. The van der Waals surface area contributed by atoms with E-state index in [0.717, 1.165) is 61.4 Å². The number of benzene rings is 2. The molecule has 7 nitrogen and oxygen atoms in total. The van der Waals surface area contributed by atoms with Gasteiger partial charge in [0.15, 0.2) is 0 Å². The third-order valence-corrected chi connectivity index (χ3v) is 8.16. The van der Waals surface area contributed by atoms with Crippen LogP contribution in [0.15, 0.2) is 36.4 Å². The van der Waals surface area contributed by atoms with Gasteiger partial charge in [0.25, 0.3) is 0 Å². The molecular formula is C27H34Cl2N4O3. The third-order valence-electron chi connectivity index (χ3n) is 7.43. The number of carbonyl (C=O) groups is 2. The van der Waals surface area contributed by atoms with Gasteiger partial charge in [-0.05, 0) is 61.9 Å². The van der Waals surface area contributed by atoms with E-state index in [1.807, 2.05) is 44.2 Å². The number of hydrogen-bond donors (Lipinski definition) is 2. The monoisotopic (exact) mass is 532 g/mol. The maximum atomic E-state index is 12.7. The number of halogens is 2. The van der Waals surface area contributed by atoms with Crippen LogP contribution in [0.3, 0.4) is 0 Å². The van der Waals surface area contributed by atoms with E-state index in [1.54, 1.807) is 11.0 Å². The van der Waals surface area contributed by atoms with Gasteiger partial charge >= 0.3 is 6.09 Å². The van der Waals surface area contributed by atoms with E-state index in [-0.39, 0.29) is 11.9 Å². The number of piperazine rings is 1. The molecule has 2 heterocycles. The van der Waals surface area contributed by atoms with Gasteiger partial charge in [0.1, 0.15) is 0 Å². The molecule has 0 aromatic heterocycles. The molecule has 0 saturated carbocycles. The molecule has 2 aromatic carbocycles. The van der Waals surface area contributed by atoms with Crippen molar-refractivity contribution in [2.24, 2.45) is 0 Å². The molecule has 2 saturated heterocycles. The quantitative estimate of drug-likeness (QED) is 0.552. The number of carbonyl (C=O) groups excluding carboxylic acids is 1. The number of para-hydroxylation sites is 1. The van der Waals surface area contributed by atoms with Gasteiger partial charge in [-0.25, -0.2) is 4.79 Å². The Labute approximate surface area is 223 Å². The first-order valence-electron chi connectivity index (χ1n) is 12.5. The number of piperidine rings is 1. The fraction of sp³-hybridized carbons (Fsp3) is 0.481. The summed E-state index contributed by atoms with van der Waals surface area (Å²) >= 11 is 12.2. The highest BCUT2D eigenvalue weighted by Gasteiger charge is 2.35. The SMILES string of the molecule is Cc1cccc(C)c1NC(=O)CN1CCN([C@H]2CCN(C(=O)O)[C@@H](Cc3ccc(Cl)c(Cl)c3)C2)CC1. The van der Waals surface area contributed by atoms with Crippen molar-refractivity contribution in [3.63, 3.8) is 0 Å². The van der Waals surface area contributed by atoms with Crippen molar-refractivity contribution < 1.29 is 14.7 Å². The molecule has 2 aliphatic heterocycles. The molecule has 36 heavy (non-hydrogen) atoms. The lowest BCUT2D eigenvalue weighted by Crippen LogP contribution is -2.57. The van der Waals surface area contributed by atoms with Crippen LogP contribution < -0.4 is 5.32 Å². The van der Waals surface area contributed by atoms with Crippen LogP contribution in [-0.4, -0.2) is 83.2 Å². The third kappa shape index (κ3) is 6.51. The van der Waals surface area contributed by atoms with Crippen LogP contribution in [0.25, 0.3) is 0 Å². The highest BCUT2D eigenvalue weighted by atomic mass is 35.5. The molecule has 4 rings (SSSR count). The van der Waals surface area contributed by atoms with Gasteiger partial charge in [0.05, 0.1) is 16.6 Å². The zero-order valence-electron chi connectivity index (χ0n) is 20.8. The molecule has 2 amide bonds. The molecule has 2 N–H and O–H groups in total. The predicted molar refractivity (Wildman–Crippen MR) is 144 cm³/mol. The molecule has 2 atom stereocenters. The molecule has 2 aromatic rings. The van der Waals surface area contributed by atoms with Gasteiger partial charge in [-0.3, -0.25) is 14.6 Å². The number of carboxylic acid groups (broad SMARTS) is 1. The summed E-state index contributed by atoms with van der Waals surface area (Å²) < 4.78 is 0. The first kappa shape index (κ1) is 26.7. The largest absolute Gasteiger partial charge is 0.465 e. The van der Waals surface area contributed by atoms with E-state index in [2.05, 4.69) is 15.1 Å². The van der Waals surface area contributed by atoms with Crippen molar-refractivity contribution in [2.75, 3.05) is 44.6 Å². The van der Waals surface area contributed by atoms with E-state index in [1.165, 1.54) is 0 Å². The lowest BCUT2D eigenvalue weighted by atomic mass is 9.91. The molecule has 2 fully saturated rings. The maximum Gasteiger partial charge on any atom is 0.407 e. The molecule has 0 radical (unpaired) electrons. The van der Waals surface area contributed by atoms with E-state index >= 15 is 0 Å².